The Labute approximate surface area is 243 Å². The Morgan fingerprint density at radius 2 is 2.00 bits per heavy atom. The first-order valence-corrected chi connectivity index (χ1v) is 15.7. The van der Waals surface area contributed by atoms with Crippen LogP contribution >= 0.6 is 34.0 Å². The van der Waals surface area contributed by atoms with Crippen molar-refractivity contribution < 1.29 is 14.4 Å². The molecule has 40 heavy (non-hydrogen) atoms. The summed E-state index contributed by atoms with van der Waals surface area (Å²) >= 11 is 4.44. The summed E-state index contributed by atoms with van der Waals surface area (Å²) in [4.78, 5) is 50.7. The zero-order chi connectivity index (χ0) is 27.5. The number of anilines is 1. The number of hydrogen-bond donors (Lipinski definition) is 3. The fourth-order valence-electron chi connectivity index (χ4n) is 4.79. The van der Waals surface area contributed by atoms with Gasteiger partial charge in [-0.25, -0.2) is 4.98 Å². The molecule has 3 amide bonds. The van der Waals surface area contributed by atoms with Gasteiger partial charge in [-0.3, -0.25) is 19.4 Å². The maximum atomic E-state index is 13.0. The highest BCUT2D eigenvalue weighted by Crippen LogP contribution is 2.36. The van der Waals surface area contributed by atoms with Crippen LogP contribution in [0.15, 0.2) is 54.3 Å². The molecule has 206 valence electrons. The van der Waals surface area contributed by atoms with Crippen molar-refractivity contribution in [2.75, 3.05) is 25.0 Å². The molecule has 12 heteroatoms. The number of aromatic nitrogens is 2. The lowest BCUT2D eigenvalue weighted by Gasteiger charge is -2.37. The van der Waals surface area contributed by atoms with E-state index in [-0.39, 0.29) is 29.7 Å². The Hall–Kier alpha value is -3.45. The Kier molecular flexibility index (Phi) is 8.00. The molecule has 0 bridgehead atoms. The van der Waals surface area contributed by atoms with Gasteiger partial charge in [0.1, 0.15) is 0 Å². The number of thiophene rings is 1. The van der Waals surface area contributed by atoms with Gasteiger partial charge in [-0.15, -0.1) is 34.0 Å². The van der Waals surface area contributed by atoms with Crippen LogP contribution in [-0.2, 0) is 22.6 Å². The predicted octanol–water partition coefficient (Wildman–Crippen LogP) is 4.12. The second-order valence-electron chi connectivity index (χ2n) is 9.89. The maximum absolute atomic E-state index is 13.0. The molecule has 0 aliphatic carbocycles. The van der Waals surface area contributed by atoms with Crippen molar-refractivity contribution in [3.05, 3.63) is 74.6 Å². The predicted molar refractivity (Wildman–Crippen MR) is 158 cm³/mol. The van der Waals surface area contributed by atoms with Gasteiger partial charge in [-0.1, -0.05) is 18.2 Å². The molecule has 2 aliphatic rings. The van der Waals surface area contributed by atoms with Crippen molar-refractivity contribution in [2.45, 2.75) is 37.8 Å². The molecule has 0 spiro atoms. The summed E-state index contributed by atoms with van der Waals surface area (Å²) in [5.74, 6) is 0.139. The topological polar surface area (TPSA) is 116 Å². The first kappa shape index (κ1) is 26.8. The van der Waals surface area contributed by atoms with Crippen molar-refractivity contribution in [3.63, 3.8) is 0 Å². The number of likely N-dealkylation sites (tertiary alicyclic amines) is 1. The highest BCUT2D eigenvalue weighted by atomic mass is 32.1. The van der Waals surface area contributed by atoms with Crippen LogP contribution in [0.1, 0.15) is 43.9 Å². The third-order valence-corrected chi connectivity index (χ3v) is 9.98. The molecular weight excluding hydrogens is 565 g/mol. The minimum atomic E-state index is -0.150. The molecule has 0 saturated carbocycles. The molecule has 1 aromatic carbocycles. The van der Waals surface area contributed by atoms with Crippen LogP contribution in [0.4, 0.5) is 5.00 Å². The molecular formula is C28H28N6O3S3. The SMILES string of the molecule is O=C(Cc1cncs1)NCc1cccc(-c2cnc(C3CN(C(=O)c4ccc(NC(=O)[C@@H]5CCCN5)s4)C3)s2)c1. The molecule has 0 radical (unpaired) electrons. The van der Waals surface area contributed by atoms with Gasteiger partial charge in [0.05, 0.1) is 37.7 Å². The molecule has 2 aliphatic heterocycles. The lowest BCUT2D eigenvalue weighted by atomic mass is 10.0. The summed E-state index contributed by atoms with van der Waals surface area (Å²) < 4.78 is 0. The lowest BCUT2D eigenvalue weighted by molar-refractivity contribution is -0.120. The minimum Gasteiger partial charge on any atom is -0.352 e. The summed E-state index contributed by atoms with van der Waals surface area (Å²) in [7, 11) is 0. The quantitative estimate of drug-likeness (QED) is 0.269. The number of amides is 3. The van der Waals surface area contributed by atoms with Crippen molar-refractivity contribution in [2.24, 2.45) is 0 Å². The maximum Gasteiger partial charge on any atom is 0.264 e. The van der Waals surface area contributed by atoms with E-state index in [1.54, 1.807) is 35.2 Å². The van der Waals surface area contributed by atoms with Gasteiger partial charge in [0.15, 0.2) is 0 Å². The molecule has 0 unspecified atom stereocenters. The number of benzene rings is 1. The second kappa shape index (κ2) is 12.0. The molecule has 5 heterocycles. The number of hydrogen-bond acceptors (Lipinski definition) is 9. The van der Waals surface area contributed by atoms with E-state index in [2.05, 4.69) is 32.0 Å². The Morgan fingerprint density at radius 1 is 1.10 bits per heavy atom. The van der Waals surface area contributed by atoms with E-state index in [1.807, 2.05) is 29.3 Å². The van der Waals surface area contributed by atoms with E-state index in [0.717, 1.165) is 45.3 Å². The van der Waals surface area contributed by atoms with E-state index in [9.17, 15) is 14.4 Å². The molecule has 3 N–H and O–H groups in total. The number of thiazole rings is 2. The van der Waals surface area contributed by atoms with Gasteiger partial charge in [0.2, 0.25) is 11.8 Å². The van der Waals surface area contributed by atoms with Crippen molar-refractivity contribution in [1.82, 2.24) is 25.5 Å². The van der Waals surface area contributed by atoms with Crippen molar-refractivity contribution >= 4 is 56.7 Å². The largest absolute Gasteiger partial charge is 0.352 e. The van der Waals surface area contributed by atoms with Gasteiger partial charge in [0.25, 0.3) is 5.91 Å². The molecule has 2 fully saturated rings. The number of nitrogens with zero attached hydrogens (tertiary/aromatic N) is 3. The van der Waals surface area contributed by atoms with Gasteiger partial charge >= 0.3 is 0 Å². The van der Waals surface area contributed by atoms with Gasteiger partial charge in [0, 0.05) is 42.8 Å². The smallest absolute Gasteiger partial charge is 0.264 e. The van der Waals surface area contributed by atoms with E-state index < -0.39 is 0 Å². The first-order valence-electron chi connectivity index (χ1n) is 13.1. The van der Waals surface area contributed by atoms with Crippen LogP contribution in [0.2, 0.25) is 0 Å². The highest BCUT2D eigenvalue weighted by Gasteiger charge is 2.35. The van der Waals surface area contributed by atoms with Crippen LogP contribution in [0.3, 0.4) is 0 Å². The monoisotopic (exact) mass is 592 g/mol. The van der Waals surface area contributed by atoms with Gasteiger partial charge in [-0.05, 0) is 48.7 Å². The van der Waals surface area contributed by atoms with E-state index >= 15 is 0 Å². The molecule has 6 rings (SSSR count). The third-order valence-electron chi connectivity index (χ3n) is 7.00. The summed E-state index contributed by atoms with van der Waals surface area (Å²) in [6.07, 6.45) is 5.79. The fourth-order valence-corrected chi connectivity index (χ4v) is 7.26. The van der Waals surface area contributed by atoms with E-state index in [1.165, 1.54) is 22.7 Å². The number of carbonyl (C=O) groups excluding carboxylic acids is 3. The van der Waals surface area contributed by atoms with Crippen LogP contribution in [0.25, 0.3) is 10.4 Å². The second-order valence-corrected chi connectivity index (χ2v) is 13.0. The van der Waals surface area contributed by atoms with E-state index in [0.29, 0.717) is 35.9 Å². The van der Waals surface area contributed by atoms with Gasteiger partial charge < -0.3 is 20.9 Å². The zero-order valence-electron chi connectivity index (χ0n) is 21.6. The zero-order valence-corrected chi connectivity index (χ0v) is 24.0. The molecule has 3 aromatic heterocycles. The first-order chi connectivity index (χ1) is 19.5. The average Bonchev–Trinajstić information content (AvgIpc) is 3.74. The Bertz CT molecular complexity index is 1500. The third kappa shape index (κ3) is 6.15. The highest BCUT2D eigenvalue weighted by molar-refractivity contribution is 7.18. The number of carbonyl (C=O) groups is 3. The fraction of sp³-hybridized carbons (Fsp3) is 0.321. The molecule has 9 nitrogen and oxygen atoms in total. The van der Waals surface area contributed by atoms with Crippen LogP contribution in [0, 0.1) is 0 Å². The number of rotatable bonds is 9. The van der Waals surface area contributed by atoms with E-state index in [4.69, 9.17) is 0 Å². The van der Waals surface area contributed by atoms with Crippen LogP contribution < -0.4 is 16.0 Å². The molecule has 2 saturated heterocycles. The van der Waals surface area contributed by atoms with Crippen molar-refractivity contribution in [1.29, 1.82) is 0 Å². The summed E-state index contributed by atoms with van der Waals surface area (Å²) in [5, 5.41) is 10.8. The van der Waals surface area contributed by atoms with Crippen molar-refractivity contribution in [3.8, 4) is 10.4 Å². The van der Waals surface area contributed by atoms with Crippen LogP contribution in [0.5, 0.6) is 0 Å². The summed E-state index contributed by atoms with van der Waals surface area (Å²) in [6.45, 7) is 2.58. The minimum absolute atomic E-state index is 0.0115. The Morgan fingerprint density at radius 3 is 2.80 bits per heavy atom. The summed E-state index contributed by atoms with van der Waals surface area (Å²) in [6, 6.07) is 11.6. The van der Waals surface area contributed by atoms with Crippen LogP contribution in [-0.4, -0.2) is 58.3 Å². The number of nitrogens with one attached hydrogen (secondary N) is 3. The average molecular weight is 593 g/mol. The molecule has 4 aromatic rings. The standard InChI is InChI=1S/C28H28N6O3S3/c35-24(10-20-12-29-16-38-20)31-11-17-3-1-4-18(9-17)23-13-32-27(40-23)19-14-34(15-19)28(37)22-6-7-25(39-22)33-26(36)21-5-2-8-30-21/h1,3-4,6-7,9,12-13,16,19,21,30H,2,5,8,10-11,14-15H2,(H,31,35)(H,33,36)/t21-/m0/s1. The normalized spacial score (nSPS) is 17.0. The van der Waals surface area contributed by atoms with Gasteiger partial charge in [-0.2, -0.15) is 0 Å². The summed E-state index contributed by atoms with van der Waals surface area (Å²) in [5.41, 5.74) is 3.81. The molecule has 1 atom stereocenters. The lowest BCUT2D eigenvalue weighted by Crippen LogP contribution is -2.48. The Balaban J connectivity index is 1.00.